The van der Waals surface area contributed by atoms with Gasteiger partial charge in [0.2, 0.25) is 0 Å². The lowest BCUT2D eigenvalue weighted by atomic mass is 9.78. The van der Waals surface area contributed by atoms with E-state index < -0.39 is 5.60 Å². The Hall–Kier alpha value is -1.20. The second kappa shape index (κ2) is 5.89. The van der Waals surface area contributed by atoms with Gasteiger partial charge >= 0.3 is 0 Å². The van der Waals surface area contributed by atoms with Gasteiger partial charge in [-0.25, -0.2) is 4.98 Å². The summed E-state index contributed by atoms with van der Waals surface area (Å²) >= 11 is 0. The van der Waals surface area contributed by atoms with Crippen molar-refractivity contribution < 1.29 is 4.74 Å². The van der Waals surface area contributed by atoms with E-state index in [2.05, 4.69) is 17.2 Å². The Balaban J connectivity index is 2.03. The third-order valence-electron chi connectivity index (χ3n) is 4.75. The van der Waals surface area contributed by atoms with E-state index in [1.165, 1.54) is 6.42 Å². The summed E-state index contributed by atoms with van der Waals surface area (Å²) in [6.07, 6.45) is 5.08. The minimum Gasteiger partial charge on any atom is -0.367 e. The Morgan fingerprint density at radius 1 is 1.48 bits per heavy atom. The molecule has 2 aliphatic rings. The fourth-order valence-electron chi connectivity index (χ4n) is 3.76. The first-order valence-electron chi connectivity index (χ1n) is 8.12. The highest BCUT2D eigenvalue weighted by atomic mass is 16.5. The second-order valence-electron chi connectivity index (χ2n) is 6.40. The van der Waals surface area contributed by atoms with Crippen molar-refractivity contribution in [2.24, 2.45) is 5.92 Å². The number of hydrogen-bond donors (Lipinski definition) is 2. The van der Waals surface area contributed by atoms with Crippen molar-refractivity contribution in [2.75, 3.05) is 13.2 Å². The SMILES string of the molecule is CCOC1(c2nc3c(c(=O)[nH]2)CNCC3)CCCC(C)C1. The van der Waals surface area contributed by atoms with E-state index in [1.807, 2.05) is 6.92 Å². The van der Waals surface area contributed by atoms with Crippen molar-refractivity contribution in [1.82, 2.24) is 15.3 Å². The van der Waals surface area contributed by atoms with E-state index >= 15 is 0 Å². The molecule has 0 saturated heterocycles. The quantitative estimate of drug-likeness (QED) is 0.892. The Morgan fingerprint density at radius 2 is 2.33 bits per heavy atom. The molecule has 5 heteroatoms. The lowest BCUT2D eigenvalue weighted by molar-refractivity contribution is -0.0884. The molecular weight excluding hydrogens is 266 g/mol. The van der Waals surface area contributed by atoms with Crippen molar-refractivity contribution in [3.05, 3.63) is 27.4 Å². The molecule has 2 N–H and O–H groups in total. The summed E-state index contributed by atoms with van der Waals surface area (Å²) in [4.78, 5) is 20.2. The van der Waals surface area contributed by atoms with Gasteiger partial charge in [0.1, 0.15) is 11.4 Å². The lowest BCUT2D eigenvalue weighted by Crippen LogP contribution is -2.41. The fourth-order valence-corrected chi connectivity index (χ4v) is 3.76. The van der Waals surface area contributed by atoms with Crippen LogP contribution in [0.25, 0.3) is 0 Å². The maximum Gasteiger partial charge on any atom is 0.255 e. The highest BCUT2D eigenvalue weighted by Gasteiger charge is 2.40. The molecule has 2 heterocycles. The van der Waals surface area contributed by atoms with Crippen LogP contribution in [0.4, 0.5) is 0 Å². The van der Waals surface area contributed by atoms with Crippen molar-refractivity contribution >= 4 is 0 Å². The molecule has 5 nitrogen and oxygen atoms in total. The summed E-state index contributed by atoms with van der Waals surface area (Å²) in [6.45, 7) is 6.43. The first-order chi connectivity index (χ1) is 10.1. The van der Waals surface area contributed by atoms with Crippen LogP contribution in [0, 0.1) is 5.92 Å². The van der Waals surface area contributed by atoms with Crippen LogP contribution in [0.5, 0.6) is 0 Å². The molecule has 1 aromatic heterocycles. The highest BCUT2D eigenvalue weighted by Crippen LogP contribution is 2.41. The van der Waals surface area contributed by atoms with Crippen molar-refractivity contribution in [3.63, 3.8) is 0 Å². The van der Waals surface area contributed by atoms with Crippen molar-refractivity contribution in [1.29, 1.82) is 0 Å². The molecule has 3 rings (SSSR count). The molecular formula is C16H25N3O2. The van der Waals surface area contributed by atoms with Gasteiger partial charge in [-0.15, -0.1) is 0 Å². The maximum absolute atomic E-state index is 12.4. The Kier molecular flexibility index (Phi) is 4.13. The minimum absolute atomic E-state index is 0.000459. The smallest absolute Gasteiger partial charge is 0.255 e. The van der Waals surface area contributed by atoms with Crippen LogP contribution in [-0.2, 0) is 23.3 Å². The Bertz CT molecular complexity index is 565. The Labute approximate surface area is 125 Å². The first-order valence-corrected chi connectivity index (χ1v) is 8.12. The zero-order valence-electron chi connectivity index (χ0n) is 13.0. The van der Waals surface area contributed by atoms with E-state index in [0.29, 0.717) is 19.1 Å². The van der Waals surface area contributed by atoms with Crippen molar-refractivity contribution in [3.8, 4) is 0 Å². The normalized spacial score (nSPS) is 29.1. The number of rotatable bonds is 3. The van der Waals surface area contributed by atoms with Gasteiger partial charge in [-0.3, -0.25) is 4.79 Å². The van der Waals surface area contributed by atoms with Crippen LogP contribution < -0.4 is 10.9 Å². The number of nitrogens with one attached hydrogen (secondary N) is 2. The van der Waals surface area contributed by atoms with E-state index in [9.17, 15) is 4.79 Å². The van der Waals surface area contributed by atoms with Crippen LogP contribution in [0.1, 0.15) is 56.6 Å². The van der Waals surface area contributed by atoms with E-state index in [1.54, 1.807) is 0 Å². The molecule has 1 aliphatic carbocycles. The predicted molar refractivity (Wildman–Crippen MR) is 81.2 cm³/mol. The number of H-pyrrole nitrogens is 1. The number of aromatic nitrogens is 2. The summed E-state index contributed by atoms with van der Waals surface area (Å²) in [7, 11) is 0. The lowest BCUT2D eigenvalue weighted by Gasteiger charge is -2.39. The Morgan fingerprint density at radius 3 is 3.10 bits per heavy atom. The number of nitrogens with zero attached hydrogens (tertiary/aromatic N) is 1. The average Bonchev–Trinajstić information content (AvgIpc) is 2.47. The number of ether oxygens (including phenoxy) is 1. The van der Waals surface area contributed by atoms with Crippen LogP contribution in [-0.4, -0.2) is 23.1 Å². The topological polar surface area (TPSA) is 67.0 Å². The molecule has 2 atom stereocenters. The molecule has 1 aliphatic heterocycles. The fraction of sp³-hybridized carbons (Fsp3) is 0.750. The zero-order valence-corrected chi connectivity index (χ0v) is 13.0. The molecule has 1 aromatic rings. The van der Waals surface area contributed by atoms with Gasteiger partial charge in [-0.05, 0) is 32.1 Å². The van der Waals surface area contributed by atoms with Gasteiger partial charge in [-0.1, -0.05) is 13.3 Å². The molecule has 0 spiro atoms. The van der Waals surface area contributed by atoms with Crippen LogP contribution in [0.3, 0.4) is 0 Å². The average molecular weight is 291 g/mol. The molecule has 2 unspecified atom stereocenters. The zero-order chi connectivity index (χ0) is 14.9. The van der Waals surface area contributed by atoms with Gasteiger partial charge < -0.3 is 15.0 Å². The molecule has 116 valence electrons. The molecule has 0 radical (unpaired) electrons. The van der Waals surface area contributed by atoms with Gasteiger partial charge in [0, 0.05) is 26.1 Å². The summed E-state index contributed by atoms with van der Waals surface area (Å²) in [6, 6.07) is 0. The second-order valence-corrected chi connectivity index (χ2v) is 6.40. The number of hydrogen-bond acceptors (Lipinski definition) is 4. The molecule has 1 fully saturated rings. The summed E-state index contributed by atoms with van der Waals surface area (Å²) in [5.41, 5.74) is 1.34. The first kappa shape index (κ1) is 14.7. The van der Waals surface area contributed by atoms with E-state index in [-0.39, 0.29) is 5.56 Å². The van der Waals surface area contributed by atoms with Gasteiger partial charge in [-0.2, -0.15) is 0 Å². The molecule has 0 aromatic carbocycles. The number of aromatic amines is 1. The third-order valence-corrected chi connectivity index (χ3v) is 4.75. The highest BCUT2D eigenvalue weighted by molar-refractivity contribution is 5.22. The predicted octanol–water partition coefficient (Wildman–Crippen LogP) is 1.86. The standard InChI is InChI=1S/C16H25N3O2/c1-3-21-16(7-4-5-11(2)9-16)15-18-13-6-8-17-10-12(13)14(20)19-15/h11,17H,3-10H2,1-2H3,(H,18,19,20). The third kappa shape index (κ3) is 2.77. The van der Waals surface area contributed by atoms with E-state index in [4.69, 9.17) is 9.72 Å². The monoisotopic (exact) mass is 291 g/mol. The van der Waals surface area contributed by atoms with Gasteiger partial charge in [0.05, 0.1) is 11.3 Å². The molecule has 1 saturated carbocycles. The molecule has 21 heavy (non-hydrogen) atoms. The van der Waals surface area contributed by atoms with Crippen molar-refractivity contribution in [2.45, 2.75) is 58.1 Å². The van der Waals surface area contributed by atoms with Crippen LogP contribution in [0.2, 0.25) is 0 Å². The largest absolute Gasteiger partial charge is 0.367 e. The molecule has 0 amide bonds. The summed E-state index contributed by atoms with van der Waals surface area (Å²) in [5.74, 6) is 1.36. The maximum atomic E-state index is 12.4. The minimum atomic E-state index is -0.397. The summed E-state index contributed by atoms with van der Waals surface area (Å²) < 4.78 is 6.12. The van der Waals surface area contributed by atoms with Gasteiger partial charge in [0.25, 0.3) is 5.56 Å². The van der Waals surface area contributed by atoms with Crippen LogP contribution in [0.15, 0.2) is 4.79 Å². The van der Waals surface area contributed by atoms with Gasteiger partial charge in [0.15, 0.2) is 0 Å². The number of fused-ring (bicyclic) bond motifs is 1. The van der Waals surface area contributed by atoms with E-state index in [0.717, 1.165) is 49.3 Å². The molecule has 0 bridgehead atoms. The summed E-state index contributed by atoms with van der Waals surface area (Å²) in [5, 5.41) is 3.23. The van der Waals surface area contributed by atoms with Crippen LogP contribution >= 0.6 is 0 Å².